The quantitative estimate of drug-likeness (QED) is 0.670. The molecule has 1 unspecified atom stereocenters. The molecule has 0 spiro atoms. The third-order valence-corrected chi connectivity index (χ3v) is 10.8. The molecule has 0 fully saturated rings. The van der Waals surface area contributed by atoms with Gasteiger partial charge in [0.2, 0.25) is 0 Å². The maximum Gasteiger partial charge on any atom is 0.113 e. The molecule has 3 aliphatic heterocycles. The van der Waals surface area contributed by atoms with Crippen LogP contribution in [0.15, 0.2) is 29.7 Å². The Kier molecular flexibility index (Phi) is 1.44. The van der Waals surface area contributed by atoms with Gasteiger partial charge in [0.15, 0.2) is 0 Å². The number of hydrogen-bond acceptors (Lipinski definition) is 2. The van der Waals surface area contributed by atoms with Crippen molar-refractivity contribution < 1.29 is 4.11 Å². The number of likely N-dealkylation sites (N-methyl/N-ethyl adjacent to an activating group) is 1. The predicted molar refractivity (Wildman–Crippen MR) is 82.8 cm³/mol. The summed E-state index contributed by atoms with van der Waals surface area (Å²) in [6.07, 6.45) is 2.67. The molecular weight excluding hydrogens is 248 g/mol. The van der Waals surface area contributed by atoms with Gasteiger partial charge < -0.3 is 9.80 Å². The van der Waals surface area contributed by atoms with Gasteiger partial charge in [-0.05, 0) is 16.2 Å². The van der Waals surface area contributed by atoms with Crippen LogP contribution in [0.1, 0.15) is 29.1 Å². The molecule has 0 radical (unpaired) electrons. The summed E-state index contributed by atoms with van der Waals surface area (Å²) >= 11 is 0. The molecule has 0 amide bonds. The number of nitrogens with zero attached hydrogens (tertiary/aromatic N) is 2. The van der Waals surface area contributed by atoms with Crippen LogP contribution in [-0.2, 0) is 11.5 Å². The molecule has 100 valence electrons. The standard InChI is InChI=1S/C16H22N2Si/c1-16(2)12-8-6-7-11-9-13-17(3)10-14(19(16,4)5)18(13)15(11)12/h6-8,10,13H,9H2,1-5H3/i3D3. The second-order valence-corrected chi connectivity index (χ2v) is 12.1. The molecule has 2 nitrogen and oxygen atoms in total. The highest BCUT2D eigenvalue weighted by Gasteiger charge is 2.56. The highest BCUT2D eigenvalue weighted by molar-refractivity contribution is 6.87. The Morgan fingerprint density at radius 2 is 2.16 bits per heavy atom. The lowest BCUT2D eigenvalue weighted by atomic mass is 9.96. The zero-order chi connectivity index (χ0) is 16.1. The van der Waals surface area contributed by atoms with Crippen molar-refractivity contribution in [2.45, 2.75) is 44.6 Å². The van der Waals surface area contributed by atoms with Crippen LogP contribution in [0.25, 0.3) is 0 Å². The van der Waals surface area contributed by atoms with Crippen molar-refractivity contribution in [3.63, 3.8) is 0 Å². The van der Waals surface area contributed by atoms with Gasteiger partial charge in [0.05, 0.1) is 0 Å². The molecule has 0 aromatic heterocycles. The Balaban J connectivity index is 2.02. The fourth-order valence-electron chi connectivity index (χ4n) is 3.88. The molecule has 1 aromatic carbocycles. The lowest BCUT2D eigenvalue weighted by Crippen LogP contribution is -2.57. The maximum atomic E-state index is 7.90. The van der Waals surface area contributed by atoms with Gasteiger partial charge >= 0.3 is 0 Å². The van der Waals surface area contributed by atoms with E-state index in [-0.39, 0.29) is 11.2 Å². The third-order valence-electron chi connectivity index (χ3n) is 5.78. The summed E-state index contributed by atoms with van der Waals surface area (Å²) in [6, 6.07) is 6.53. The zero-order valence-corrected chi connectivity index (χ0v) is 13.0. The van der Waals surface area contributed by atoms with Crippen molar-refractivity contribution in [3.8, 4) is 0 Å². The fraction of sp³-hybridized carbons (Fsp3) is 0.500. The number of rotatable bonds is 0. The van der Waals surface area contributed by atoms with E-state index in [0.29, 0.717) is 0 Å². The second kappa shape index (κ2) is 3.09. The van der Waals surface area contributed by atoms with E-state index in [1.54, 1.807) is 4.90 Å². The normalized spacial score (nSPS) is 31.5. The average Bonchev–Trinajstić information content (AvgIpc) is 2.91. The molecule has 0 bridgehead atoms. The number of benzene rings is 1. The van der Waals surface area contributed by atoms with Crippen molar-refractivity contribution in [1.29, 1.82) is 0 Å². The molecule has 0 aliphatic carbocycles. The lowest BCUT2D eigenvalue weighted by Gasteiger charge is -2.50. The van der Waals surface area contributed by atoms with Crippen LogP contribution >= 0.6 is 0 Å². The highest BCUT2D eigenvalue weighted by Crippen LogP contribution is 2.55. The van der Waals surface area contributed by atoms with E-state index in [2.05, 4.69) is 50.0 Å². The predicted octanol–water partition coefficient (Wildman–Crippen LogP) is 3.24. The number of hydrogen-bond donors (Lipinski definition) is 0. The van der Waals surface area contributed by atoms with Gasteiger partial charge in [-0.15, -0.1) is 0 Å². The second-order valence-electron chi connectivity index (χ2n) is 7.04. The molecule has 0 saturated carbocycles. The van der Waals surface area contributed by atoms with Crippen molar-refractivity contribution in [1.82, 2.24) is 4.90 Å². The number of para-hydroxylation sites is 1. The van der Waals surface area contributed by atoms with Crippen LogP contribution < -0.4 is 4.90 Å². The summed E-state index contributed by atoms with van der Waals surface area (Å²) in [5, 5.41) is 1.37. The van der Waals surface area contributed by atoms with Crippen LogP contribution in [0.2, 0.25) is 13.1 Å². The minimum Gasteiger partial charge on any atom is -0.359 e. The van der Waals surface area contributed by atoms with E-state index in [1.165, 1.54) is 22.1 Å². The van der Waals surface area contributed by atoms with Gasteiger partial charge in [0.1, 0.15) is 14.2 Å². The van der Waals surface area contributed by atoms with Gasteiger partial charge in [-0.2, -0.15) is 0 Å². The first-order valence-electron chi connectivity index (χ1n) is 8.49. The molecule has 4 rings (SSSR count). The molecule has 19 heavy (non-hydrogen) atoms. The molecule has 0 N–H and O–H groups in total. The zero-order valence-electron chi connectivity index (χ0n) is 15.0. The molecule has 1 atom stereocenters. The topological polar surface area (TPSA) is 6.48 Å². The SMILES string of the molecule is [2H]C([2H])([2H])N1C=C2N3c4c(cccc4C(C)(C)[Si]2(C)C)CC31. The van der Waals surface area contributed by atoms with E-state index in [1.807, 2.05) is 6.20 Å². The lowest BCUT2D eigenvalue weighted by molar-refractivity contribution is 0.368. The van der Waals surface area contributed by atoms with Gasteiger partial charge in [0.25, 0.3) is 0 Å². The van der Waals surface area contributed by atoms with Crippen molar-refractivity contribution in [2.75, 3.05) is 11.9 Å². The van der Waals surface area contributed by atoms with Crippen LogP contribution in [0.4, 0.5) is 5.69 Å². The minimum atomic E-state index is -2.08. The first-order valence-corrected chi connectivity index (χ1v) is 9.99. The molecule has 0 saturated heterocycles. The molecule has 1 aromatic rings. The monoisotopic (exact) mass is 273 g/mol. The summed E-state index contributed by atoms with van der Waals surface area (Å²) in [4.78, 5) is 3.96. The highest BCUT2D eigenvalue weighted by atomic mass is 28.3. The Morgan fingerprint density at radius 1 is 1.37 bits per heavy atom. The van der Waals surface area contributed by atoms with E-state index < -0.39 is 15.0 Å². The maximum absolute atomic E-state index is 7.90. The van der Waals surface area contributed by atoms with Crippen molar-refractivity contribution in [3.05, 3.63) is 40.8 Å². The van der Waals surface area contributed by atoms with Gasteiger partial charge in [-0.1, -0.05) is 45.1 Å². The number of anilines is 1. The fourth-order valence-corrected chi connectivity index (χ4v) is 6.73. The first kappa shape index (κ1) is 8.85. The Labute approximate surface area is 120 Å². The van der Waals surface area contributed by atoms with E-state index in [4.69, 9.17) is 4.11 Å². The Bertz CT molecular complexity index is 706. The Hall–Kier alpha value is -1.22. The Morgan fingerprint density at radius 3 is 2.89 bits per heavy atom. The van der Waals surface area contributed by atoms with Gasteiger partial charge in [-0.25, -0.2) is 0 Å². The van der Waals surface area contributed by atoms with Crippen LogP contribution in [-0.4, -0.2) is 26.1 Å². The summed E-state index contributed by atoms with van der Waals surface area (Å²) in [6.45, 7) is 7.32. The largest absolute Gasteiger partial charge is 0.359 e. The van der Waals surface area contributed by atoms with E-state index in [9.17, 15) is 0 Å². The average molecular weight is 273 g/mol. The van der Waals surface area contributed by atoms with Crippen molar-refractivity contribution >= 4 is 13.8 Å². The molecule has 3 aliphatic rings. The summed E-state index contributed by atoms with van der Waals surface area (Å²) in [7, 11) is -1.83. The van der Waals surface area contributed by atoms with Crippen molar-refractivity contribution in [2.24, 2.45) is 0 Å². The van der Waals surface area contributed by atoms with Crippen LogP contribution in [0.5, 0.6) is 0 Å². The summed E-state index contributed by atoms with van der Waals surface area (Å²) < 4.78 is 23.7. The smallest absolute Gasteiger partial charge is 0.113 e. The molecule has 3 heteroatoms. The minimum absolute atomic E-state index is 0.0680. The molecule has 3 heterocycles. The van der Waals surface area contributed by atoms with E-state index >= 15 is 0 Å². The van der Waals surface area contributed by atoms with Crippen LogP contribution in [0.3, 0.4) is 0 Å². The summed E-state index contributed by atoms with van der Waals surface area (Å²) in [5.74, 6) is 0. The summed E-state index contributed by atoms with van der Waals surface area (Å²) in [5.41, 5.74) is 3.97. The molecular formula is C16H22N2Si. The van der Waals surface area contributed by atoms with Crippen LogP contribution in [0, 0.1) is 0 Å². The van der Waals surface area contributed by atoms with Gasteiger partial charge in [0, 0.05) is 34.7 Å². The third kappa shape index (κ3) is 1.10. The first-order chi connectivity index (χ1) is 10.1. The van der Waals surface area contributed by atoms with Gasteiger partial charge in [-0.3, -0.25) is 0 Å². The van der Waals surface area contributed by atoms with E-state index in [0.717, 1.165) is 6.42 Å².